The van der Waals surface area contributed by atoms with Crippen LogP contribution in [0.5, 0.6) is 11.5 Å². The average molecular weight is 363 g/mol. The van der Waals surface area contributed by atoms with E-state index >= 15 is 0 Å². The van der Waals surface area contributed by atoms with E-state index in [1.165, 1.54) is 12.1 Å². The molecule has 7 nitrogen and oxygen atoms in total. The topological polar surface area (TPSA) is 94.3 Å². The molecule has 1 fully saturated rings. The molecule has 1 aromatic heterocycles. The summed E-state index contributed by atoms with van der Waals surface area (Å²) < 4.78 is 35.0. The molecule has 0 bridgehead atoms. The van der Waals surface area contributed by atoms with Gasteiger partial charge in [-0.05, 0) is 31.0 Å². The minimum Gasteiger partial charge on any atom is -0.395 e. The largest absolute Gasteiger partial charge is 0.586 e. The smallest absolute Gasteiger partial charge is 0.395 e. The molecule has 1 saturated carbocycles. The number of nitrogens with two attached hydrogens (primary N) is 1. The van der Waals surface area contributed by atoms with E-state index in [2.05, 4.69) is 30.1 Å². The molecule has 0 radical (unpaired) electrons. The SMILES string of the molecule is N[C@H]1CCCC[C@H]1Nc1nccc(Nc2ccc3c(c2)OC(F)(F)O3)n1. The fraction of sp³-hybridized carbons (Fsp3) is 0.412. The second kappa shape index (κ2) is 6.56. The van der Waals surface area contributed by atoms with Crippen molar-refractivity contribution in [3.63, 3.8) is 0 Å². The number of rotatable bonds is 4. The van der Waals surface area contributed by atoms with Gasteiger partial charge in [-0.15, -0.1) is 8.78 Å². The van der Waals surface area contributed by atoms with Gasteiger partial charge in [0.2, 0.25) is 5.95 Å². The minimum absolute atomic E-state index is 0.00289. The average Bonchev–Trinajstić information content (AvgIpc) is 2.90. The number of nitrogens with one attached hydrogen (secondary N) is 2. The van der Waals surface area contributed by atoms with Crippen molar-refractivity contribution in [1.82, 2.24) is 9.97 Å². The first-order valence-electron chi connectivity index (χ1n) is 8.51. The van der Waals surface area contributed by atoms with Gasteiger partial charge in [-0.1, -0.05) is 12.8 Å². The molecule has 138 valence electrons. The van der Waals surface area contributed by atoms with E-state index < -0.39 is 6.29 Å². The predicted octanol–water partition coefficient (Wildman–Crippen LogP) is 3.22. The van der Waals surface area contributed by atoms with Crippen LogP contribution in [-0.4, -0.2) is 28.3 Å². The van der Waals surface area contributed by atoms with Gasteiger partial charge in [-0.3, -0.25) is 0 Å². The highest BCUT2D eigenvalue weighted by Gasteiger charge is 2.43. The lowest BCUT2D eigenvalue weighted by Crippen LogP contribution is -2.42. The number of alkyl halides is 2. The maximum atomic E-state index is 13.1. The van der Waals surface area contributed by atoms with Crippen molar-refractivity contribution in [3.8, 4) is 11.5 Å². The van der Waals surface area contributed by atoms with Gasteiger partial charge in [-0.2, -0.15) is 4.98 Å². The van der Waals surface area contributed by atoms with Gasteiger partial charge in [-0.25, -0.2) is 4.98 Å². The number of fused-ring (bicyclic) bond motifs is 1. The molecule has 4 rings (SSSR count). The molecule has 2 aliphatic rings. The number of hydrogen-bond acceptors (Lipinski definition) is 7. The zero-order valence-electron chi connectivity index (χ0n) is 13.9. The normalized spacial score (nSPS) is 23.5. The Morgan fingerprint density at radius 3 is 2.77 bits per heavy atom. The van der Waals surface area contributed by atoms with Crippen molar-refractivity contribution < 1.29 is 18.3 Å². The lowest BCUT2D eigenvalue weighted by atomic mass is 9.91. The van der Waals surface area contributed by atoms with Crippen LogP contribution in [0.3, 0.4) is 0 Å². The van der Waals surface area contributed by atoms with Crippen molar-refractivity contribution >= 4 is 17.5 Å². The third kappa shape index (κ3) is 3.62. The monoisotopic (exact) mass is 363 g/mol. The molecule has 1 aliphatic carbocycles. The zero-order chi connectivity index (χ0) is 18.1. The molecule has 0 amide bonds. The van der Waals surface area contributed by atoms with E-state index in [-0.39, 0.29) is 23.6 Å². The van der Waals surface area contributed by atoms with Crippen LogP contribution in [0, 0.1) is 0 Å². The van der Waals surface area contributed by atoms with Gasteiger partial charge in [0.25, 0.3) is 0 Å². The van der Waals surface area contributed by atoms with Crippen LogP contribution in [0.15, 0.2) is 30.5 Å². The molecule has 1 aromatic carbocycles. The first-order valence-corrected chi connectivity index (χ1v) is 8.51. The number of nitrogens with zero attached hydrogens (tertiary/aromatic N) is 2. The summed E-state index contributed by atoms with van der Waals surface area (Å²) in [5, 5.41) is 6.33. The Morgan fingerprint density at radius 2 is 1.92 bits per heavy atom. The highest BCUT2D eigenvalue weighted by molar-refractivity contribution is 5.62. The van der Waals surface area contributed by atoms with Gasteiger partial charge in [0.1, 0.15) is 5.82 Å². The number of benzene rings is 1. The minimum atomic E-state index is -3.63. The van der Waals surface area contributed by atoms with Crippen LogP contribution < -0.4 is 25.8 Å². The first-order chi connectivity index (χ1) is 12.5. The quantitative estimate of drug-likeness (QED) is 0.768. The van der Waals surface area contributed by atoms with Crippen LogP contribution >= 0.6 is 0 Å². The van der Waals surface area contributed by atoms with Crippen molar-refractivity contribution in [1.29, 1.82) is 0 Å². The molecular weight excluding hydrogens is 344 g/mol. The van der Waals surface area contributed by atoms with Gasteiger partial charge < -0.3 is 25.8 Å². The third-order valence-corrected chi connectivity index (χ3v) is 4.46. The summed E-state index contributed by atoms with van der Waals surface area (Å²) in [6.45, 7) is 0. The maximum absolute atomic E-state index is 13.1. The Hall–Kier alpha value is -2.68. The van der Waals surface area contributed by atoms with Crippen LogP contribution in [-0.2, 0) is 0 Å². The summed E-state index contributed by atoms with van der Waals surface area (Å²) in [4.78, 5) is 8.63. The second-order valence-corrected chi connectivity index (χ2v) is 6.42. The standard InChI is InChI=1S/C17H19F2N5O2/c18-17(19)25-13-6-5-10(9-14(13)26-17)22-15-7-8-21-16(24-15)23-12-4-2-1-3-11(12)20/h5-9,11-12H,1-4,20H2,(H2,21,22,23,24)/t11-,12+/m0/s1. The van der Waals surface area contributed by atoms with E-state index in [1.807, 2.05) is 0 Å². The van der Waals surface area contributed by atoms with E-state index in [1.54, 1.807) is 18.3 Å². The summed E-state index contributed by atoms with van der Waals surface area (Å²) in [5.41, 5.74) is 6.69. The predicted molar refractivity (Wildman–Crippen MR) is 91.8 cm³/mol. The summed E-state index contributed by atoms with van der Waals surface area (Å²) in [6.07, 6.45) is 2.23. The molecule has 0 saturated heterocycles. The molecule has 2 aromatic rings. The highest BCUT2D eigenvalue weighted by atomic mass is 19.3. The highest BCUT2D eigenvalue weighted by Crippen LogP contribution is 2.42. The molecule has 0 unspecified atom stereocenters. The second-order valence-electron chi connectivity index (χ2n) is 6.42. The summed E-state index contributed by atoms with van der Waals surface area (Å²) in [5.74, 6) is 0.972. The van der Waals surface area contributed by atoms with E-state index in [0.29, 0.717) is 17.5 Å². The van der Waals surface area contributed by atoms with Gasteiger partial charge in [0, 0.05) is 30.0 Å². The Balaban J connectivity index is 1.46. The van der Waals surface area contributed by atoms with Gasteiger partial charge >= 0.3 is 6.29 Å². The third-order valence-electron chi connectivity index (χ3n) is 4.46. The van der Waals surface area contributed by atoms with Gasteiger partial charge in [0.05, 0.1) is 0 Å². The molecule has 26 heavy (non-hydrogen) atoms. The van der Waals surface area contributed by atoms with Crippen molar-refractivity contribution in [2.45, 2.75) is 44.1 Å². The molecule has 4 N–H and O–H groups in total. The number of aromatic nitrogens is 2. The zero-order valence-corrected chi connectivity index (χ0v) is 13.9. The lowest BCUT2D eigenvalue weighted by Gasteiger charge is -2.29. The number of anilines is 3. The fourth-order valence-electron chi connectivity index (χ4n) is 3.18. The first kappa shape index (κ1) is 16.8. The van der Waals surface area contributed by atoms with Crippen molar-refractivity contribution in [3.05, 3.63) is 30.5 Å². The van der Waals surface area contributed by atoms with E-state index in [4.69, 9.17) is 5.73 Å². The van der Waals surface area contributed by atoms with Gasteiger partial charge in [0.15, 0.2) is 11.5 Å². The van der Waals surface area contributed by atoms with Crippen LogP contribution in [0.25, 0.3) is 0 Å². The van der Waals surface area contributed by atoms with Crippen LogP contribution in [0.2, 0.25) is 0 Å². The summed E-state index contributed by atoms with van der Waals surface area (Å²) in [6, 6.07) is 6.37. The summed E-state index contributed by atoms with van der Waals surface area (Å²) >= 11 is 0. The van der Waals surface area contributed by atoms with E-state index in [0.717, 1.165) is 25.7 Å². The van der Waals surface area contributed by atoms with Crippen LogP contribution in [0.1, 0.15) is 25.7 Å². The Bertz CT molecular complexity index is 804. The Kier molecular flexibility index (Phi) is 4.23. The Labute approximate surface area is 148 Å². The summed E-state index contributed by atoms with van der Waals surface area (Å²) in [7, 11) is 0. The lowest BCUT2D eigenvalue weighted by molar-refractivity contribution is -0.286. The van der Waals surface area contributed by atoms with E-state index in [9.17, 15) is 8.78 Å². The van der Waals surface area contributed by atoms with Crippen molar-refractivity contribution in [2.75, 3.05) is 10.6 Å². The molecular formula is C17H19F2N5O2. The molecule has 2 heterocycles. The molecule has 2 atom stereocenters. The molecule has 9 heteroatoms. The fourth-order valence-corrected chi connectivity index (χ4v) is 3.18. The number of hydrogen-bond donors (Lipinski definition) is 3. The number of halogens is 2. The van der Waals surface area contributed by atoms with Crippen LogP contribution in [0.4, 0.5) is 26.2 Å². The molecule has 0 spiro atoms. The number of ether oxygens (including phenoxy) is 2. The Morgan fingerprint density at radius 1 is 1.12 bits per heavy atom. The van der Waals surface area contributed by atoms with Crippen molar-refractivity contribution in [2.24, 2.45) is 5.73 Å². The molecule has 1 aliphatic heterocycles. The maximum Gasteiger partial charge on any atom is 0.586 e.